The van der Waals surface area contributed by atoms with Crippen molar-refractivity contribution in [2.75, 3.05) is 0 Å². The quantitative estimate of drug-likeness (QED) is 0.286. The topological polar surface area (TPSA) is 0 Å². The van der Waals surface area contributed by atoms with Gasteiger partial charge in [0.15, 0.2) is 0 Å². The van der Waals surface area contributed by atoms with Crippen LogP contribution in [0.5, 0.6) is 0 Å². The van der Waals surface area contributed by atoms with Gasteiger partial charge in [0.05, 0.1) is 5.56 Å². The molecule has 0 spiro atoms. The van der Waals surface area contributed by atoms with Crippen molar-refractivity contribution in [1.29, 1.82) is 0 Å². The maximum Gasteiger partial charge on any atom is 0.416 e. The molecule has 1 aliphatic carbocycles. The highest BCUT2D eigenvalue weighted by molar-refractivity contribution is 6.13. The number of hydrogen-bond acceptors (Lipinski definition) is 0. The minimum absolute atomic E-state index is 0.619. The molecule has 0 amide bonds. The lowest BCUT2D eigenvalue weighted by atomic mass is 9.88. The molecular weight excluding hydrogens is 381 g/mol. The molecule has 0 aromatic heterocycles. The van der Waals surface area contributed by atoms with Gasteiger partial charge in [-0.2, -0.15) is 13.2 Å². The Labute approximate surface area is 172 Å². The highest BCUT2D eigenvalue weighted by atomic mass is 19.4. The zero-order valence-electron chi connectivity index (χ0n) is 15.9. The van der Waals surface area contributed by atoms with Gasteiger partial charge in [-0.25, -0.2) is 0 Å². The van der Waals surface area contributed by atoms with Gasteiger partial charge in [-0.05, 0) is 56.7 Å². The Morgan fingerprint density at radius 2 is 1.00 bits per heavy atom. The fourth-order valence-corrected chi connectivity index (χ4v) is 4.18. The largest absolute Gasteiger partial charge is 0.416 e. The molecule has 30 heavy (non-hydrogen) atoms. The van der Waals surface area contributed by atoms with Crippen molar-refractivity contribution >= 4 is 11.1 Å². The first-order valence-corrected chi connectivity index (χ1v) is 9.70. The van der Waals surface area contributed by atoms with Crippen LogP contribution in [-0.2, 0) is 6.18 Å². The van der Waals surface area contributed by atoms with E-state index >= 15 is 0 Å². The van der Waals surface area contributed by atoms with Crippen LogP contribution in [0.3, 0.4) is 0 Å². The molecule has 3 heteroatoms. The highest BCUT2D eigenvalue weighted by Gasteiger charge is 2.34. The van der Waals surface area contributed by atoms with Gasteiger partial charge in [-0.3, -0.25) is 0 Å². The first-order valence-electron chi connectivity index (χ1n) is 9.70. The minimum Gasteiger partial charge on any atom is -0.166 e. The molecule has 5 rings (SSSR count). The van der Waals surface area contributed by atoms with Gasteiger partial charge < -0.3 is 0 Å². The summed E-state index contributed by atoms with van der Waals surface area (Å²) in [4.78, 5) is 0. The molecule has 0 saturated carbocycles. The second-order valence-corrected chi connectivity index (χ2v) is 7.29. The molecule has 4 aromatic carbocycles. The van der Waals surface area contributed by atoms with Crippen LogP contribution in [0.2, 0.25) is 0 Å². The number of halogens is 3. The average Bonchev–Trinajstić information content (AvgIpc) is 3.09. The smallest absolute Gasteiger partial charge is 0.166 e. The molecule has 0 N–H and O–H groups in total. The van der Waals surface area contributed by atoms with Gasteiger partial charge in [0.2, 0.25) is 0 Å². The van der Waals surface area contributed by atoms with Gasteiger partial charge in [-0.15, -0.1) is 0 Å². The summed E-state index contributed by atoms with van der Waals surface area (Å²) in [5, 5.41) is 0. The summed E-state index contributed by atoms with van der Waals surface area (Å²) in [5.74, 6) is 0. The molecule has 0 nitrogen and oxygen atoms in total. The van der Waals surface area contributed by atoms with Crippen LogP contribution < -0.4 is 0 Å². The number of rotatable bonds is 2. The van der Waals surface area contributed by atoms with Crippen LogP contribution in [0.4, 0.5) is 13.2 Å². The monoisotopic (exact) mass is 398 g/mol. The SMILES string of the molecule is FC(F)(F)c1ccc2c(c1)C(=C(c1ccccc1)c1ccccc1)c1ccccc1-2. The van der Waals surface area contributed by atoms with Gasteiger partial charge in [0.1, 0.15) is 0 Å². The Bertz CT molecular complexity index is 1210. The van der Waals surface area contributed by atoms with Crippen molar-refractivity contribution in [3.8, 4) is 11.1 Å². The molecule has 0 atom stereocenters. The molecule has 4 aromatic rings. The fourth-order valence-electron chi connectivity index (χ4n) is 4.18. The normalized spacial score (nSPS) is 12.4. The Morgan fingerprint density at radius 1 is 0.500 bits per heavy atom. The Balaban J connectivity index is 1.91. The van der Waals surface area contributed by atoms with Crippen molar-refractivity contribution in [2.24, 2.45) is 0 Å². The number of benzene rings is 4. The van der Waals surface area contributed by atoms with Gasteiger partial charge in [0, 0.05) is 0 Å². The van der Waals surface area contributed by atoms with E-state index in [1.54, 1.807) is 6.07 Å². The molecule has 1 aliphatic rings. The first-order chi connectivity index (χ1) is 14.5. The van der Waals surface area contributed by atoms with Crippen LogP contribution in [0.1, 0.15) is 27.8 Å². The Morgan fingerprint density at radius 3 is 1.57 bits per heavy atom. The van der Waals surface area contributed by atoms with E-state index in [1.807, 2.05) is 84.9 Å². The number of alkyl halides is 3. The Kier molecular flexibility index (Phi) is 4.32. The third-order valence-electron chi connectivity index (χ3n) is 5.48. The van der Waals surface area contributed by atoms with Crippen molar-refractivity contribution in [3.05, 3.63) is 131 Å². The van der Waals surface area contributed by atoms with E-state index in [4.69, 9.17) is 0 Å². The van der Waals surface area contributed by atoms with Gasteiger partial charge in [-0.1, -0.05) is 91.0 Å². The van der Waals surface area contributed by atoms with Crippen LogP contribution in [-0.4, -0.2) is 0 Å². The molecule has 0 saturated heterocycles. The van der Waals surface area contributed by atoms with E-state index in [2.05, 4.69) is 0 Å². The summed E-state index contributed by atoms with van der Waals surface area (Å²) in [7, 11) is 0. The van der Waals surface area contributed by atoms with Crippen LogP contribution in [0, 0.1) is 0 Å². The third-order valence-corrected chi connectivity index (χ3v) is 5.48. The molecule has 0 bridgehead atoms. The predicted octanol–water partition coefficient (Wildman–Crippen LogP) is 7.69. The first kappa shape index (κ1) is 18.4. The van der Waals surface area contributed by atoms with Crippen molar-refractivity contribution in [1.82, 2.24) is 0 Å². The molecule has 0 aliphatic heterocycles. The summed E-state index contributed by atoms with van der Waals surface area (Å²) in [5.41, 5.74) is 6.44. The summed E-state index contributed by atoms with van der Waals surface area (Å²) in [6, 6.07) is 31.6. The van der Waals surface area contributed by atoms with Crippen LogP contribution in [0.25, 0.3) is 22.3 Å². The zero-order valence-corrected chi connectivity index (χ0v) is 15.9. The lowest BCUT2D eigenvalue weighted by Crippen LogP contribution is -2.05. The summed E-state index contributed by atoms with van der Waals surface area (Å²) < 4.78 is 40.6. The highest BCUT2D eigenvalue weighted by Crippen LogP contribution is 2.50. The predicted molar refractivity (Wildman–Crippen MR) is 115 cm³/mol. The maximum atomic E-state index is 13.5. The van der Waals surface area contributed by atoms with Crippen molar-refractivity contribution in [2.45, 2.75) is 6.18 Å². The molecule has 146 valence electrons. The lowest BCUT2D eigenvalue weighted by molar-refractivity contribution is -0.137. The zero-order chi connectivity index (χ0) is 20.7. The van der Waals surface area contributed by atoms with Crippen molar-refractivity contribution in [3.63, 3.8) is 0 Å². The summed E-state index contributed by atoms with van der Waals surface area (Å²) in [6.07, 6.45) is -4.39. The molecule has 0 radical (unpaired) electrons. The lowest BCUT2D eigenvalue weighted by Gasteiger charge is -2.16. The molecule has 0 fully saturated rings. The molecule has 0 heterocycles. The summed E-state index contributed by atoms with van der Waals surface area (Å²) in [6.45, 7) is 0. The van der Waals surface area contributed by atoms with E-state index < -0.39 is 11.7 Å². The van der Waals surface area contributed by atoms with Crippen molar-refractivity contribution < 1.29 is 13.2 Å². The second kappa shape index (κ2) is 7.03. The molecular formula is C27H17F3. The van der Waals surface area contributed by atoms with E-state index in [-0.39, 0.29) is 0 Å². The van der Waals surface area contributed by atoms with E-state index in [1.165, 1.54) is 12.1 Å². The average molecular weight is 398 g/mol. The van der Waals surface area contributed by atoms with Gasteiger partial charge >= 0.3 is 6.18 Å². The standard InChI is InChI=1S/C27H17F3/c28-27(29,30)20-15-16-22-21-13-7-8-14-23(21)26(24(22)17-20)25(18-9-3-1-4-10-18)19-11-5-2-6-12-19/h1-17H. The fraction of sp³-hybridized carbons (Fsp3) is 0.0370. The summed E-state index contributed by atoms with van der Waals surface area (Å²) >= 11 is 0. The van der Waals surface area contributed by atoms with Crippen LogP contribution in [0.15, 0.2) is 103 Å². The van der Waals surface area contributed by atoms with Crippen LogP contribution >= 0.6 is 0 Å². The third kappa shape index (κ3) is 3.03. The van der Waals surface area contributed by atoms with E-state index in [0.29, 0.717) is 5.56 Å². The second-order valence-electron chi connectivity index (χ2n) is 7.29. The van der Waals surface area contributed by atoms with Gasteiger partial charge in [0.25, 0.3) is 0 Å². The molecule has 0 unspecified atom stereocenters. The Hall–Kier alpha value is -3.59. The minimum atomic E-state index is -4.39. The maximum absolute atomic E-state index is 13.5. The number of hydrogen-bond donors (Lipinski definition) is 0. The number of fused-ring (bicyclic) bond motifs is 3. The van der Waals surface area contributed by atoms with E-state index in [9.17, 15) is 13.2 Å². The van der Waals surface area contributed by atoms with E-state index in [0.717, 1.165) is 39.0 Å².